The van der Waals surface area contributed by atoms with Crippen molar-refractivity contribution in [2.24, 2.45) is 5.92 Å². The summed E-state index contributed by atoms with van der Waals surface area (Å²) in [5.74, 6) is 1.03. The van der Waals surface area contributed by atoms with Crippen LogP contribution in [0.3, 0.4) is 0 Å². The molecule has 100 valence electrons. The van der Waals surface area contributed by atoms with Crippen LogP contribution >= 0.6 is 0 Å². The number of carbonyl (C=O) groups is 1. The predicted octanol–water partition coefficient (Wildman–Crippen LogP) is 1.26. The molecule has 0 N–H and O–H groups in total. The lowest BCUT2D eigenvalue weighted by atomic mass is 9.95. The lowest BCUT2D eigenvalue weighted by molar-refractivity contribution is -0.133. The van der Waals surface area contributed by atoms with Gasteiger partial charge in [0.1, 0.15) is 11.9 Å². The smallest absolute Gasteiger partial charge is 0.225 e. The monoisotopic (exact) mass is 258 g/mol. The van der Waals surface area contributed by atoms with Gasteiger partial charge in [0.15, 0.2) is 0 Å². The highest BCUT2D eigenvalue weighted by Crippen LogP contribution is 2.24. The molecule has 1 aliphatic heterocycles. The minimum atomic E-state index is 0.0977. The summed E-state index contributed by atoms with van der Waals surface area (Å²) in [6.45, 7) is 1.55. The van der Waals surface area contributed by atoms with Crippen LogP contribution in [0.4, 0.5) is 5.82 Å². The van der Waals surface area contributed by atoms with Crippen molar-refractivity contribution in [2.45, 2.75) is 12.8 Å². The van der Waals surface area contributed by atoms with Gasteiger partial charge in [0.25, 0.3) is 0 Å². The first-order valence-corrected chi connectivity index (χ1v) is 6.44. The van der Waals surface area contributed by atoms with Crippen LogP contribution in [0.1, 0.15) is 18.4 Å². The average molecular weight is 258 g/mol. The minimum absolute atomic E-state index is 0.0977. The van der Waals surface area contributed by atoms with Gasteiger partial charge in [0, 0.05) is 39.3 Å². The zero-order valence-electron chi connectivity index (χ0n) is 11.3. The van der Waals surface area contributed by atoms with Gasteiger partial charge in [0.05, 0.1) is 5.56 Å². The second-order valence-corrected chi connectivity index (χ2v) is 4.98. The van der Waals surface area contributed by atoms with E-state index < -0.39 is 0 Å². The van der Waals surface area contributed by atoms with Gasteiger partial charge in [-0.1, -0.05) is 0 Å². The number of aromatic nitrogens is 1. The average Bonchev–Trinajstić information content (AvgIpc) is 2.46. The Balaban J connectivity index is 2.04. The third-order valence-electron chi connectivity index (χ3n) is 3.49. The van der Waals surface area contributed by atoms with Gasteiger partial charge >= 0.3 is 0 Å². The largest absolute Gasteiger partial charge is 0.355 e. The maximum absolute atomic E-state index is 11.9. The first-order valence-electron chi connectivity index (χ1n) is 6.44. The van der Waals surface area contributed by atoms with Crippen molar-refractivity contribution in [3.8, 4) is 6.07 Å². The van der Waals surface area contributed by atoms with Gasteiger partial charge < -0.3 is 9.80 Å². The molecule has 1 aliphatic rings. The van der Waals surface area contributed by atoms with Gasteiger partial charge in [-0.05, 0) is 25.0 Å². The number of hydrogen-bond donors (Lipinski definition) is 0. The number of pyridine rings is 1. The number of hydrogen-bond acceptors (Lipinski definition) is 4. The van der Waals surface area contributed by atoms with Crippen LogP contribution in [0, 0.1) is 17.2 Å². The third-order valence-corrected chi connectivity index (χ3v) is 3.49. The molecule has 2 heterocycles. The summed E-state index contributed by atoms with van der Waals surface area (Å²) in [7, 11) is 3.59. The van der Waals surface area contributed by atoms with E-state index in [1.807, 2.05) is 0 Å². The number of rotatable bonds is 2. The second kappa shape index (κ2) is 5.70. The van der Waals surface area contributed by atoms with Crippen molar-refractivity contribution in [1.29, 1.82) is 5.26 Å². The van der Waals surface area contributed by atoms with E-state index in [1.165, 1.54) is 0 Å². The molecule has 0 spiro atoms. The van der Waals surface area contributed by atoms with E-state index in [9.17, 15) is 4.79 Å². The van der Waals surface area contributed by atoms with Crippen molar-refractivity contribution in [1.82, 2.24) is 9.88 Å². The first-order chi connectivity index (χ1) is 9.13. The SMILES string of the molecule is CN(C)C(=O)C1CCN(c2ncccc2C#N)CC1. The van der Waals surface area contributed by atoms with Gasteiger partial charge in [0.2, 0.25) is 5.91 Å². The fourth-order valence-electron chi connectivity index (χ4n) is 2.44. The lowest BCUT2D eigenvalue weighted by Gasteiger charge is -2.33. The standard InChI is InChI=1S/C14H18N4O/c1-17(2)14(19)11-5-8-18(9-6-11)13-12(10-15)4-3-7-16-13/h3-4,7,11H,5-6,8-9H2,1-2H3. The molecule has 0 radical (unpaired) electrons. The quantitative estimate of drug-likeness (QED) is 0.801. The number of piperidine rings is 1. The molecule has 5 nitrogen and oxygen atoms in total. The number of nitriles is 1. The molecule has 0 saturated carbocycles. The summed E-state index contributed by atoms with van der Waals surface area (Å²) >= 11 is 0. The van der Waals surface area contributed by atoms with Crippen molar-refractivity contribution in [2.75, 3.05) is 32.1 Å². The fourth-order valence-corrected chi connectivity index (χ4v) is 2.44. The lowest BCUT2D eigenvalue weighted by Crippen LogP contribution is -2.40. The van der Waals surface area contributed by atoms with Crippen molar-refractivity contribution in [3.05, 3.63) is 23.9 Å². The molecule has 1 saturated heterocycles. The molecule has 1 fully saturated rings. The van der Waals surface area contributed by atoms with E-state index >= 15 is 0 Å². The molecule has 0 aliphatic carbocycles. The second-order valence-electron chi connectivity index (χ2n) is 4.98. The molecule has 19 heavy (non-hydrogen) atoms. The Kier molecular flexibility index (Phi) is 4.00. The van der Waals surface area contributed by atoms with Crippen LogP contribution in [0.5, 0.6) is 0 Å². The Morgan fingerprint density at radius 1 is 1.47 bits per heavy atom. The number of nitrogens with zero attached hydrogens (tertiary/aromatic N) is 4. The Hall–Kier alpha value is -2.09. The predicted molar refractivity (Wildman–Crippen MR) is 72.6 cm³/mol. The fraction of sp³-hybridized carbons (Fsp3) is 0.500. The van der Waals surface area contributed by atoms with E-state index in [0.29, 0.717) is 5.56 Å². The molecule has 0 aromatic carbocycles. The van der Waals surface area contributed by atoms with Gasteiger partial charge in [-0.2, -0.15) is 5.26 Å². The summed E-state index contributed by atoms with van der Waals surface area (Å²) in [4.78, 5) is 19.9. The Labute approximate surface area is 113 Å². The normalized spacial score (nSPS) is 15.9. The molecule has 0 bridgehead atoms. The molecule has 1 aromatic rings. The Morgan fingerprint density at radius 3 is 2.74 bits per heavy atom. The van der Waals surface area contributed by atoms with Crippen LogP contribution in [-0.4, -0.2) is 43.0 Å². The van der Waals surface area contributed by atoms with Crippen LogP contribution in [0.15, 0.2) is 18.3 Å². The zero-order chi connectivity index (χ0) is 13.8. The zero-order valence-corrected chi connectivity index (χ0v) is 11.3. The Morgan fingerprint density at radius 2 is 2.16 bits per heavy atom. The summed E-state index contributed by atoms with van der Waals surface area (Å²) in [5.41, 5.74) is 0.597. The van der Waals surface area contributed by atoms with Crippen LogP contribution < -0.4 is 4.90 Å². The molecule has 0 atom stereocenters. The molecular formula is C14H18N4O. The Bertz CT molecular complexity index is 498. The number of amides is 1. The molecule has 0 unspecified atom stereocenters. The van der Waals surface area contributed by atoms with Crippen LogP contribution in [-0.2, 0) is 4.79 Å². The summed E-state index contributed by atoms with van der Waals surface area (Å²) < 4.78 is 0. The van der Waals surface area contributed by atoms with E-state index in [4.69, 9.17) is 5.26 Å². The summed E-state index contributed by atoms with van der Waals surface area (Å²) in [5, 5.41) is 9.08. The molecule has 1 aromatic heterocycles. The van der Waals surface area contributed by atoms with E-state index in [0.717, 1.165) is 31.7 Å². The van der Waals surface area contributed by atoms with Crippen molar-refractivity contribution < 1.29 is 4.79 Å². The van der Waals surface area contributed by atoms with Crippen molar-refractivity contribution >= 4 is 11.7 Å². The summed E-state index contributed by atoms with van der Waals surface area (Å²) in [6, 6.07) is 5.71. The van der Waals surface area contributed by atoms with E-state index in [1.54, 1.807) is 37.3 Å². The van der Waals surface area contributed by atoms with Crippen molar-refractivity contribution in [3.63, 3.8) is 0 Å². The maximum atomic E-state index is 11.9. The highest BCUT2D eigenvalue weighted by atomic mass is 16.2. The topological polar surface area (TPSA) is 60.2 Å². The minimum Gasteiger partial charge on any atom is -0.355 e. The van der Waals surface area contributed by atoms with Gasteiger partial charge in [-0.25, -0.2) is 4.98 Å². The molecule has 5 heteroatoms. The maximum Gasteiger partial charge on any atom is 0.225 e. The van der Waals surface area contributed by atoms with Gasteiger partial charge in [-0.15, -0.1) is 0 Å². The molecule has 1 amide bonds. The first kappa shape index (κ1) is 13.3. The highest BCUT2D eigenvalue weighted by molar-refractivity contribution is 5.78. The third kappa shape index (κ3) is 2.84. The van der Waals surface area contributed by atoms with Crippen LogP contribution in [0.2, 0.25) is 0 Å². The molecular weight excluding hydrogens is 240 g/mol. The van der Waals surface area contributed by atoms with Gasteiger partial charge in [-0.3, -0.25) is 4.79 Å². The van der Waals surface area contributed by atoms with Crippen LogP contribution in [0.25, 0.3) is 0 Å². The summed E-state index contributed by atoms with van der Waals surface area (Å²) in [6.07, 6.45) is 3.34. The molecule has 2 rings (SSSR count). The highest BCUT2D eigenvalue weighted by Gasteiger charge is 2.27. The number of anilines is 1. The van der Waals surface area contributed by atoms with E-state index in [2.05, 4.69) is 16.0 Å². The number of carbonyl (C=O) groups excluding carboxylic acids is 1. The van der Waals surface area contributed by atoms with E-state index in [-0.39, 0.29) is 11.8 Å².